The molecule has 2 unspecified atom stereocenters. The molecule has 2 aromatic heterocycles. The second-order valence-corrected chi connectivity index (χ2v) is 7.25. The topological polar surface area (TPSA) is 55.1 Å². The van der Waals surface area contributed by atoms with Crippen LogP contribution in [-0.2, 0) is 11.0 Å². The van der Waals surface area contributed by atoms with E-state index in [4.69, 9.17) is 4.42 Å². The minimum atomic E-state index is -1.12. The molecule has 0 saturated heterocycles. The zero-order chi connectivity index (χ0) is 13.3. The maximum absolute atomic E-state index is 12.0. The second kappa shape index (κ2) is 4.82. The summed E-state index contributed by atoms with van der Waals surface area (Å²) in [5, 5.41) is 0. The monoisotopic (exact) mass is 266 g/mol. The van der Waals surface area contributed by atoms with Crippen molar-refractivity contribution in [3.63, 3.8) is 0 Å². The number of aromatic nitrogens is 1. The van der Waals surface area contributed by atoms with Gasteiger partial charge < -0.3 is 4.42 Å². The number of hydrogen-bond acceptors (Lipinski definition) is 3. The molecule has 0 saturated carbocycles. The Labute approximate surface area is 109 Å². The summed E-state index contributed by atoms with van der Waals surface area (Å²) in [6.45, 7) is 7.73. The van der Waals surface area contributed by atoms with Gasteiger partial charge in [-0.05, 0) is 39.8 Å². The zero-order valence-corrected chi connectivity index (χ0v) is 11.9. The van der Waals surface area contributed by atoms with E-state index >= 15 is 0 Å². The fourth-order valence-electron chi connectivity index (χ4n) is 1.50. The summed E-state index contributed by atoms with van der Waals surface area (Å²) < 4.78 is 20.4. The molecule has 18 heavy (non-hydrogen) atoms. The van der Waals surface area contributed by atoms with E-state index in [1.165, 1.54) is 0 Å². The first-order valence-corrected chi connectivity index (χ1v) is 7.05. The van der Waals surface area contributed by atoms with Crippen molar-refractivity contribution in [1.82, 2.24) is 9.71 Å². The highest BCUT2D eigenvalue weighted by molar-refractivity contribution is 7.84. The molecule has 0 spiro atoms. The van der Waals surface area contributed by atoms with Gasteiger partial charge in [-0.15, -0.1) is 0 Å². The van der Waals surface area contributed by atoms with Crippen LogP contribution >= 0.6 is 0 Å². The lowest BCUT2D eigenvalue weighted by molar-refractivity contribution is 0.492. The van der Waals surface area contributed by atoms with Crippen molar-refractivity contribution in [2.45, 2.75) is 38.5 Å². The quantitative estimate of drug-likeness (QED) is 0.929. The van der Waals surface area contributed by atoms with Gasteiger partial charge in [-0.2, -0.15) is 0 Å². The van der Waals surface area contributed by atoms with Crippen molar-refractivity contribution in [3.05, 3.63) is 30.2 Å². The van der Waals surface area contributed by atoms with Crippen LogP contribution in [0.3, 0.4) is 0 Å². The van der Waals surface area contributed by atoms with E-state index in [1.54, 1.807) is 6.20 Å². The number of nitrogens with one attached hydrogen (secondary N) is 1. The van der Waals surface area contributed by atoms with Crippen molar-refractivity contribution in [2.24, 2.45) is 0 Å². The fraction of sp³-hybridized carbons (Fsp3) is 0.462. The molecule has 0 fully saturated rings. The minimum Gasteiger partial charge on any atom is -0.458 e. The van der Waals surface area contributed by atoms with E-state index in [-0.39, 0.29) is 10.8 Å². The standard InChI is InChI=1S/C13H18N2O2S/c1-9(15-18(16)13(2,3)4)12-8-10-11(17-12)6-5-7-14-10/h5-9,15H,1-4H3. The normalized spacial score (nSPS) is 15.8. The smallest absolute Gasteiger partial charge is 0.152 e. The van der Waals surface area contributed by atoms with Crippen LogP contribution in [0.2, 0.25) is 0 Å². The summed E-state index contributed by atoms with van der Waals surface area (Å²) in [6, 6.07) is 5.48. The average molecular weight is 266 g/mol. The summed E-state index contributed by atoms with van der Waals surface area (Å²) in [6.07, 6.45) is 1.73. The second-order valence-electron chi connectivity index (χ2n) is 5.26. The molecule has 4 nitrogen and oxygen atoms in total. The lowest BCUT2D eigenvalue weighted by atomic mass is 10.3. The van der Waals surface area contributed by atoms with Crippen molar-refractivity contribution in [1.29, 1.82) is 0 Å². The summed E-state index contributed by atoms with van der Waals surface area (Å²) in [5.41, 5.74) is 1.57. The molecule has 0 radical (unpaired) electrons. The first-order valence-electron chi connectivity index (χ1n) is 5.90. The van der Waals surface area contributed by atoms with Gasteiger partial charge in [-0.25, -0.2) is 8.93 Å². The molecule has 2 heterocycles. The van der Waals surface area contributed by atoms with Crippen molar-refractivity contribution < 1.29 is 8.63 Å². The summed E-state index contributed by atoms with van der Waals surface area (Å²) in [5.74, 6) is 0.751. The van der Waals surface area contributed by atoms with Crippen molar-refractivity contribution in [2.75, 3.05) is 0 Å². The zero-order valence-electron chi connectivity index (χ0n) is 11.1. The Hall–Kier alpha value is -1.20. The first kappa shape index (κ1) is 13.2. The highest BCUT2D eigenvalue weighted by Gasteiger charge is 2.23. The molecule has 0 aliphatic heterocycles. The Bertz CT molecular complexity index is 539. The van der Waals surface area contributed by atoms with E-state index in [0.29, 0.717) is 0 Å². The number of rotatable bonds is 3. The number of fused-ring (bicyclic) bond motifs is 1. The number of nitrogens with zero attached hydrogens (tertiary/aromatic N) is 1. The molecule has 5 heteroatoms. The Kier molecular flexibility index (Phi) is 3.54. The maximum atomic E-state index is 12.0. The third kappa shape index (κ3) is 2.79. The van der Waals surface area contributed by atoms with Crippen LogP contribution < -0.4 is 4.72 Å². The lowest BCUT2D eigenvalue weighted by Crippen LogP contribution is -2.34. The van der Waals surface area contributed by atoms with Crippen LogP contribution in [0.25, 0.3) is 11.1 Å². The van der Waals surface area contributed by atoms with Gasteiger partial charge in [0.2, 0.25) is 0 Å². The molecule has 0 aliphatic rings. The SMILES string of the molecule is CC(NS(=O)C(C)(C)C)c1cc2ncccc2o1. The van der Waals surface area contributed by atoms with Gasteiger partial charge in [0.05, 0.1) is 21.8 Å². The predicted octanol–water partition coefficient (Wildman–Crippen LogP) is 2.94. The van der Waals surface area contributed by atoms with Crippen LogP contribution in [0.4, 0.5) is 0 Å². The lowest BCUT2D eigenvalue weighted by Gasteiger charge is -2.20. The van der Waals surface area contributed by atoms with Crippen LogP contribution in [0.15, 0.2) is 28.8 Å². The minimum absolute atomic E-state index is 0.112. The Balaban J connectivity index is 2.18. The van der Waals surface area contributed by atoms with Gasteiger partial charge in [-0.1, -0.05) is 0 Å². The summed E-state index contributed by atoms with van der Waals surface area (Å²) in [4.78, 5) is 4.21. The highest BCUT2D eigenvalue weighted by atomic mass is 32.2. The molecule has 0 aromatic carbocycles. The molecular formula is C13H18N2O2S. The number of furan rings is 1. The fourth-order valence-corrected chi connectivity index (χ4v) is 2.29. The molecule has 2 rings (SSSR count). The summed E-state index contributed by atoms with van der Waals surface area (Å²) >= 11 is 0. The molecule has 2 atom stereocenters. The van der Waals surface area contributed by atoms with E-state index in [9.17, 15) is 4.21 Å². The van der Waals surface area contributed by atoms with Gasteiger partial charge in [-0.3, -0.25) is 4.98 Å². The van der Waals surface area contributed by atoms with Gasteiger partial charge in [0.1, 0.15) is 11.3 Å². The number of pyridine rings is 1. The Morgan fingerprint density at radius 3 is 2.78 bits per heavy atom. The van der Waals surface area contributed by atoms with E-state index < -0.39 is 11.0 Å². The number of hydrogen-bond donors (Lipinski definition) is 1. The van der Waals surface area contributed by atoms with Gasteiger partial charge in [0.25, 0.3) is 0 Å². The van der Waals surface area contributed by atoms with Crippen LogP contribution in [0, 0.1) is 0 Å². The summed E-state index contributed by atoms with van der Waals surface area (Å²) in [7, 11) is -1.12. The van der Waals surface area contributed by atoms with Gasteiger partial charge in [0, 0.05) is 12.3 Å². The van der Waals surface area contributed by atoms with E-state index in [1.807, 2.05) is 45.9 Å². The molecule has 98 valence electrons. The van der Waals surface area contributed by atoms with Crippen molar-refractivity contribution >= 4 is 22.1 Å². The molecule has 0 bridgehead atoms. The van der Waals surface area contributed by atoms with E-state index in [0.717, 1.165) is 16.9 Å². The molecule has 1 N–H and O–H groups in total. The predicted molar refractivity (Wildman–Crippen MR) is 73.5 cm³/mol. The maximum Gasteiger partial charge on any atom is 0.152 e. The largest absolute Gasteiger partial charge is 0.458 e. The van der Waals surface area contributed by atoms with Crippen LogP contribution in [0.1, 0.15) is 39.5 Å². The van der Waals surface area contributed by atoms with Crippen LogP contribution in [-0.4, -0.2) is 13.9 Å². The molecular weight excluding hydrogens is 248 g/mol. The highest BCUT2D eigenvalue weighted by Crippen LogP contribution is 2.23. The molecule has 2 aromatic rings. The van der Waals surface area contributed by atoms with E-state index in [2.05, 4.69) is 9.71 Å². The van der Waals surface area contributed by atoms with Gasteiger partial charge >= 0.3 is 0 Å². The Morgan fingerprint density at radius 2 is 2.17 bits per heavy atom. The first-order chi connectivity index (χ1) is 8.38. The Morgan fingerprint density at radius 1 is 1.44 bits per heavy atom. The third-order valence-electron chi connectivity index (χ3n) is 2.57. The van der Waals surface area contributed by atoms with Crippen molar-refractivity contribution in [3.8, 4) is 0 Å². The van der Waals surface area contributed by atoms with Crippen LogP contribution in [0.5, 0.6) is 0 Å². The third-order valence-corrected chi connectivity index (χ3v) is 4.25. The average Bonchev–Trinajstić information content (AvgIpc) is 2.71. The molecule has 0 aliphatic carbocycles. The molecule has 0 amide bonds. The van der Waals surface area contributed by atoms with Gasteiger partial charge in [0.15, 0.2) is 5.58 Å².